The monoisotopic (exact) mass is 384 g/mol. The first kappa shape index (κ1) is 20.5. The molecule has 1 aliphatic rings. The highest BCUT2D eigenvalue weighted by Crippen LogP contribution is 2.32. The van der Waals surface area contributed by atoms with Crippen molar-refractivity contribution in [3.05, 3.63) is 18.2 Å². The van der Waals surface area contributed by atoms with Crippen molar-refractivity contribution in [1.82, 2.24) is 9.62 Å². The van der Waals surface area contributed by atoms with Gasteiger partial charge in [0, 0.05) is 31.1 Å². The van der Waals surface area contributed by atoms with Crippen molar-refractivity contribution in [1.29, 1.82) is 0 Å². The number of hydrogen-bond acceptors (Lipinski definition) is 5. The van der Waals surface area contributed by atoms with Crippen LogP contribution in [0.15, 0.2) is 23.1 Å². The van der Waals surface area contributed by atoms with Crippen LogP contribution in [0.4, 0.5) is 0 Å². The summed E-state index contributed by atoms with van der Waals surface area (Å²) in [7, 11) is -0.744. The third kappa shape index (κ3) is 4.48. The van der Waals surface area contributed by atoms with E-state index in [2.05, 4.69) is 5.32 Å². The first-order valence-corrected chi connectivity index (χ1v) is 10.3. The second-order valence-electron chi connectivity index (χ2n) is 6.51. The van der Waals surface area contributed by atoms with E-state index in [0.717, 1.165) is 6.42 Å². The Labute approximate surface area is 155 Å². The van der Waals surface area contributed by atoms with Gasteiger partial charge in [0.1, 0.15) is 16.4 Å². The molecule has 26 heavy (non-hydrogen) atoms. The average molecular weight is 384 g/mol. The Morgan fingerprint density at radius 2 is 1.92 bits per heavy atom. The van der Waals surface area contributed by atoms with E-state index in [4.69, 9.17) is 9.47 Å². The number of ether oxygens (including phenoxy) is 2. The third-order valence-electron chi connectivity index (χ3n) is 4.81. The van der Waals surface area contributed by atoms with Gasteiger partial charge in [-0.15, -0.1) is 0 Å². The quantitative estimate of drug-likeness (QED) is 0.777. The number of nitrogens with one attached hydrogen (secondary N) is 1. The van der Waals surface area contributed by atoms with E-state index >= 15 is 0 Å². The summed E-state index contributed by atoms with van der Waals surface area (Å²) in [5.41, 5.74) is 0. The maximum Gasteiger partial charge on any atom is 0.246 e. The maximum absolute atomic E-state index is 13.0. The predicted molar refractivity (Wildman–Crippen MR) is 98.9 cm³/mol. The van der Waals surface area contributed by atoms with Crippen LogP contribution in [0.1, 0.15) is 33.1 Å². The molecule has 0 aromatic heterocycles. The molecule has 1 heterocycles. The molecule has 0 saturated carbocycles. The molecule has 1 amide bonds. The van der Waals surface area contributed by atoms with Gasteiger partial charge in [-0.25, -0.2) is 8.42 Å². The molecule has 1 fully saturated rings. The van der Waals surface area contributed by atoms with E-state index < -0.39 is 10.0 Å². The number of sulfonamides is 1. The second kappa shape index (κ2) is 8.73. The van der Waals surface area contributed by atoms with E-state index in [0.29, 0.717) is 31.7 Å². The summed E-state index contributed by atoms with van der Waals surface area (Å²) < 4.78 is 37.7. The fraction of sp³-hybridized carbons (Fsp3) is 0.611. The normalized spacial score (nSPS) is 17.5. The highest BCUT2D eigenvalue weighted by molar-refractivity contribution is 7.89. The average Bonchev–Trinajstić information content (AvgIpc) is 2.67. The number of rotatable bonds is 7. The Bertz CT molecular complexity index is 727. The molecule has 1 N–H and O–H groups in total. The second-order valence-corrected chi connectivity index (χ2v) is 8.42. The van der Waals surface area contributed by atoms with Crippen molar-refractivity contribution >= 4 is 15.9 Å². The lowest BCUT2D eigenvalue weighted by Crippen LogP contribution is -2.44. The summed E-state index contributed by atoms with van der Waals surface area (Å²) in [6.07, 6.45) is 1.90. The van der Waals surface area contributed by atoms with Crippen LogP contribution in [0.3, 0.4) is 0 Å². The lowest BCUT2D eigenvalue weighted by Gasteiger charge is -2.31. The molecule has 0 aliphatic carbocycles. The molecule has 1 aromatic carbocycles. The van der Waals surface area contributed by atoms with E-state index in [1.54, 1.807) is 12.1 Å². The smallest absolute Gasteiger partial charge is 0.246 e. The fourth-order valence-electron chi connectivity index (χ4n) is 2.95. The van der Waals surface area contributed by atoms with Gasteiger partial charge in [-0.3, -0.25) is 4.79 Å². The Hall–Kier alpha value is -1.80. The Morgan fingerprint density at radius 3 is 2.46 bits per heavy atom. The molecule has 1 aromatic rings. The van der Waals surface area contributed by atoms with Crippen LogP contribution in [0.25, 0.3) is 0 Å². The summed E-state index contributed by atoms with van der Waals surface area (Å²) in [5.74, 6) is 0.647. The first-order chi connectivity index (χ1) is 12.3. The molecular weight excluding hydrogens is 356 g/mol. The maximum atomic E-state index is 13.0. The minimum Gasteiger partial charge on any atom is -0.497 e. The summed E-state index contributed by atoms with van der Waals surface area (Å²) in [5, 5.41) is 2.97. The molecular formula is C18H28N2O5S. The number of methoxy groups -OCH3 is 2. The summed E-state index contributed by atoms with van der Waals surface area (Å²) in [4.78, 5) is 12.4. The van der Waals surface area contributed by atoms with Gasteiger partial charge in [0.05, 0.1) is 14.2 Å². The van der Waals surface area contributed by atoms with Crippen LogP contribution in [-0.2, 0) is 14.8 Å². The van der Waals surface area contributed by atoms with Crippen LogP contribution >= 0.6 is 0 Å². The molecule has 0 bridgehead atoms. The molecule has 1 unspecified atom stereocenters. The van der Waals surface area contributed by atoms with Gasteiger partial charge in [0.2, 0.25) is 15.9 Å². The summed E-state index contributed by atoms with van der Waals surface area (Å²) >= 11 is 0. The van der Waals surface area contributed by atoms with Crippen molar-refractivity contribution in [2.24, 2.45) is 5.92 Å². The van der Waals surface area contributed by atoms with E-state index in [1.165, 1.54) is 24.6 Å². The zero-order valence-electron chi connectivity index (χ0n) is 15.8. The van der Waals surface area contributed by atoms with Crippen LogP contribution in [0.5, 0.6) is 11.5 Å². The molecule has 8 heteroatoms. The Morgan fingerprint density at radius 1 is 1.27 bits per heavy atom. The van der Waals surface area contributed by atoms with Gasteiger partial charge in [0.15, 0.2) is 0 Å². The number of carbonyl (C=O) groups is 1. The van der Waals surface area contributed by atoms with Crippen molar-refractivity contribution in [2.45, 2.75) is 44.0 Å². The van der Waals surface area contributed by atoms with Gasteiger partial charge in [-0.05, 0) is 38.3 Å². The van der Waals surface area contributed by atoms with Crippen molar-refractivity contribution in [2.75, 3.05) is 27.3 Å². The van der Waals surface area contributed by atoms with Crippen molar-refractivity contribution in [3.8, 4) is 11.5 Å². The first-order valence-electron chi connectivity index (χ1n) is 8.86. The summed E-state index contributed by atoms with van der Waals surface area (Å²) in [6, 6.07) is 4.78. The third-order valence-corrected chi connectivity index (χ3v) is 6.75. The number of hydrogen-bond donors (Lipinski definition) is 1. The zero-order chi connectivity index (χ0) is 19.3. The van der Waals surface area contributed by atoms with Gasteiger partial charge in [-0.2, -0.15) is 4.31 Å². The van der Waals surface area contributed by atoms with Gasteiger partial charge in [0.25, 0.3) is 0 Å². The van der Waals surface area contributed by atoms with Crippen LogP contribution in [0, 0.1) is 5.92 Å². The SMILES string of the molecule is CCC(C)NC(=O)C1CCN(S(=O)(=O)c2ccc(OC)cc2OC)CC1. The fourth-order valence-corrected chi connectivity index (χ4v) is 4.55. The number of benzene rings is 1. The number of carbonyl (C=O) groups excluding carboxylic acids is 1. The van der Waals surface area contributed by atoms with Gasteiger partial charge < -0.3 is 14.8 Å². The highest BCUT2D eigenvalue weighted by atomic mass is 32.2. The van der Waals surface area contributed by atoms with E-state index in [-0.39, 0.29) is 28.5 Å². The van der Waals surface area contributed by atoms with E-state index in [1.807, 2.05) is 13.8 Å². The number of amides is 1. The molecule has 1 atom stereocenters. The Balaban J connectivity index is 2.10. The molecule has 7 nitrogen and oxygen atoms in total. The van der Waals surface area contributed by atoms with Gasteiger partial charge in [-0.1, -0.05) is 6.92 Å². The summed E-state index contributed by atoms with van der Waals surface area (Å²) in [6.45, 7) is 4.61. The van der Waals surface area contributed by atoms with Gasteiger partial charge >= 0.3 is 0 Å². The van der Waals surface area contributed by atoms with Crippen LogP contribution in [-0.4, -0.2) is 52.0 Å². The van der Waals surface area contributed by atoms with E-state index in [9.17, 15) is 13.2 Å². The highest BCUT2D eigenvalue weighted by Gasteiger charge is 2.34. The molecule has 0 spiro atoms. The standard InChI is InChI=1S/C18H28N2O5S/c1-5-13(2)19-18(21)14-8-10-20(11-9-14)26(22,23)17-7-6-15(24-3)12-16(17)25-4/h6-7,12-14H,5,8-11H2,1-4H3,(H,19,21). The molecule has 0 radical (unpaired) electrons. The molecule has 1 saturated heterocycles. The minimum absolute atomic E-state index is 0.0124. The lowest BCUT2D eigenvalue weighted by atomic mass is 9.97. The zero-order valence-corrected chi connectivity index (χ0v) is 16.6. The number of piperidine rings is 1. The minimum atomic E-state index is -3.69. The van der Waals surface area contributed by atoms with Crippen LogP contribution < -0.4 is 14.8 Å². The topological polar surface area (TPSA) is 84.9 Å². The molecule has 146 valence electrons. The molecule has 1 aliphatic heterocycles. The van der Waals surface area contributed by atoms with Crippen molar-refractivity contribution < 1.29 is 22.7 Å². The Kier molecular flexibility index (Phi) is 6.88. The largest absolute Gasteiger partial charge is 0.497 e. The number of nitrogens with zero attached hydrogens (tertiary/aromatic N) is 1. The van der Waals surface area contributed by atoms with Crippen LogP contribution in [0.2, 0.25) is 0 Å². The molecule has 2 rings (SSSR count). The van der Waals surface area contributed by atoms with Crippen molar-refractivity contribution in [3.63, 3.8) is 0 Å². The lowest BCUT2D eigenvalue weighted by molar-refractivity contribution is -0.126. The predicted octanol–water partition coefficient (Wildman–Crippen LogP) is 2.02.